The predicted octanol–water partition coefficient (Wildman–Crippen LogP) is 2.36. The fraction of sp³-hybridized carbons (Fsp3) is 0.786. The zero-order valence-corrected chi connectivity index (χ0v) is 11.4. The third-order valence-electron chi connectivity index (χ3n) is 4.29. The average Bonchev–Trinajstić information content (AvgIpc) is 2.83. The molecule has 1 saturated heterocycles. The quantitative estimate of drug-likeness (QED) is 0.844. The van der Waals surface area contributed by atoms with E-state index in [1.54, 1.807) is 0 Å². The Bertz CT molecular complexity index is 404. The number of aromatic nitrogens is 2. The molecule has 0 aromatic carbocycles. The molecule has 0 radical (unpaired) electrons. The lowest BCUT2D eigenvalue weighted by Gasteiger charge is -2.34. The minimum atomic E-state index is 0.509. The maximum absolute atomic E-state index is 4.83. The van der Waals surface area contributed by atoms with E-state index in [0.29, 0.717) is 12.0 Å². The van der Waals surface area contributed by atoms with Gasteiger partial charge < -0.3 is 10.6 Å². The molecule has 4 nitrogen and oxygen atoms in total. The minimum Gasteiger partial charge on any atom is -0.370 e. The van der Waals surface area contributed by atoms with Gasteiger partial charge in [0, 0.05) is 12.6 Å². The summed E-state index contributed by atoms with van der Waals surface area (Å²) in [4.78, 5) is 0. The van der Waals surface area contributed by atoms with Crippen LogP contribution in [0, 0.1) is 5.92 Å². The molecular weight excluding hydrogens is 224 g/mol. The van der Waals surface area contributed by atoms with Crippen LogP contribution in [0.3, 0.4) is 0 Å². The highest BCUT2D eigenvalue weighted by Gasteiger charge is 2.30. The number of fused-ring (bicyclic) bond motifs is 1. The lowest BCUT2D eigenvalue weighted by Crippen LogP contribution is -2.38. The third kappa shape index (κ3) is 2.14. The maximum atomic E-state index is 4.83. The summed E-state index contributed by atoms with van der Waals surface area (Å²) in [5.74, 6) is 2.48. The van der Waals surface area contributed by atoms with Gasteiger partial charge in [0.25, 0.3) is 0 Å². The Kier molecular flexibility index (Phi) is 3.29. The van der Waals surface area contributed by atoms with E-state index >= 15 is 0 Å². The Balaban J connectivity index is 1.86. The van der Waals surface area contributed by atoms with Crippen molar-refractivity contribution in [3.05, 3.63) is 11.8 Å². The number of nitrogens with one attached hydrogen (secondary N) is 2. The molecule has 1 aromatic heterocycles. The van der Waals surface area contributed by atoms with Crippen LogP contribution in [0.1, 0.15) is 50.8 Å². The smallest absolute Gasteiger partial charge is 0.124 e. The van der Waals surface area contributed by atoms with Crippen molar-refractivity contribution in [2.45, 2.75) is 45.1 Å². The van der Waals surface area contributed by atoms with Crippen molar-refractivity contribution < 1.29 is 0 Å². The molecule has 0 spiro atoms. The maximum Gasteiger partial charge on any atom is 0.124 e. The lowest BCUT2D eigenvalue weighted by atomic mass is 9.89. The van der Waals surface area contributed by atoms with Gasteiger partial charge in [-0.05, 0) is 44.2 Å². The molecule has 0 bridgehead atoms. The fourth-order valence-corrected chi connectivity index (χ4v) is 3.19. The van der Waals surface area contributed by atoms with Gasteiger partial charge >= 0.3 is 0 Å². The summed E-state index contributed by atoms with van der Waals surface area (Å²) in [7, 11) is 0. The Morgan fingerprint density at radius 3 is 2.94 bits per heavy atom. The number of hydrogen-bond acceptors (Lipinski definition) is 3. The first-order valence-electron chi connectivity index (χ1n) is 7.29. The molecule has 2 unspecified atom stereocenters. The predicted molar refractivity (Wildman–Crippen MR) is 74.1 cm³/mol. The van der Waals surface area contributed by atoms with Crippen LogP contribution in [0.4, 0.5) is 5.82 Å². The molecule has 2 N–H and O–H groups in total. The van der Waals surface area contributed by atoms with Gasteiger partial charge in [-0.25, -0.2) is 4.68 Å². The molecule has 3 rings (SSSR count). The largest absolute Gasteiger partial charge is 0.370 e. The lowest BCUT2D eigenvalue weighted by molar-refractivity contribution is 0.235. The summed E-state index contributed by atoms with van der Waals surface area (Å²) in [6, 6.07) is 2.81. The molecule has 1 aromatic rings. The van der Waals surface area contributed by atoms with Crippen LogP contribution >= 0.6 is 0 Å². The number of nitrogens with zero attached hydrogens (tertiary/aromatic N) is 2. The first-order valence-corrected chi connectivity index (χ1v) is 7.29. The number of hydrogen-bond donors (Lipinski definition) is 2. The van der Waals surface area contributed by atoms with Gasteiger partial charge in [-0.15, -0.1) is 0 Å². The van der Waals surface area contributed by atoms with Crippen molar-refractivity contribution in [1.82, 2.24) is 15.1 Å². The Hall–Kier alpha value is -1.03. The Morgan fingerprint density at radius 1 is 1.33 bits per heavy atom. The summed E-state index contributed by atoms with van der Waals surface area (Å²) in [5, 5.41) is 11.9. The summed E-state index contributed by atoms with van der Waals surface area (Å²) in [6.45, 7) is 7.85. The van der Waals surface area contributed by atoms with Gasteiger partial charge in [-0.3, -0.25) is 0 Å². The molecule has 1 fully saturated rings. The van der Waals surface area contributed by atoms with Crippen LogP contribution < -0.4 is 10.6 Å². The minimum absolute atomic E-state index is 0.509. The highest BCUT2D eigenvalue weighted by Crippen LogP contribution is 2.34. The van der Waals surface area contributed by atoms with Gasteiger partial charge in [-0.1, -0.05) is 13.8 Å². The molecule has 2 atom stereocenters. The average molecular weight is 248 g/mol. The van der Waals surface area contributed by atoms with Gasteiger partial charge in [0.05, 0.1) is 11.7 Å². The zero-order chi connectivity index (χ0) is 12.5. The molecule has 0 aliphatic carbocycles. The van der Waals surface area contributed by atoms with Crippen molar-refractivity contribution in [3.8, 4) is 0 Å². The molecular formula is C14H24N4. The molecule has 0 amide bonds. The van der Waals surface area contributed by atoms with E-state index in [4.69, 9.17) is 5.10 Å². The van der Waals surface area contributed by atoms with Gasteiger partial charge in [0.2, 0.25) is 0 Å². The highest BCUT2D eigenvalue weighted by molar-refractivity contribution is 5.40. The van der Waals surface area contributed by atoms with Crippen molar-refractivity contribution in [2.24, 2.45) is 5.92 Å². The van der Waals surface area contributed by atoms with E-state index in [1.165, 1.54) is 37.3 Å². The van der Waals surface area contributed by atoms with E-state index in [-0.39, 0.29) is 0 Å². The second-order valence-electron chi connectivity index (χ2n) is 5.94. The summed E-state index contributed by atoms with van der Waals surface area (Å²) in [6.07, 6.45) is 3.86. The summed E-state index contributed by atoms with van der Waals surface area (Å²) >= 11 is 0. The molecule has 2 aliphatic heterocycles. The van der Waals surface area contributed by atoms with Crippen LogP contribution in [-0.2, 0) is 0 Å². The van der Waals surface area contributed by atoms with Crippen molar-refractivity contribution >= 4 is 5.82 Å². The molecule has 0 saturated carbocycles. The van der Waals surface area contributed by atoms with Crippen LogP contribution in [0.15, 0.2) is 6.07 Å². The monoisotopic (exact) mass is 248 g/mol. The van der Waals surface area contributed by atoms with Gasteiger partial charge in [0.15, 0.2) is 0 Å². The highest BCUT2D eigenvalue weighted by atomic mass is 15.4. The number of piperidine rings is 1. The van der Waals surface area contributed by atoms with Crippen molar-refractivity contribution in [3.63, 3.8) is 0 Å². The molecule has 100 valence electrons. The van der Waals surface area contributed by atoms with E-state index in [1.807, 2.05) is 0 Å². The summed E-state index contributed by atoms with van der Waals surface area (Å²) in [5.41, 5.74) is 1.22. The standard InChI is InChI=1S/C14H24N4/c1-10(2)12-8-14-16-7-5-13(18(14)17-12)11-4-3-6-15-9-11/h8,10-11,13,15-16H,3-7,9H2,1-2H3. The zero-order valence-electron chi connectivity index (χ0n) is 11.4. The fourth-order valence-electron chi connectivity index (χ4n) is 3.19. The van der Waals surface area contributed by atoms with E-state index in [9.17, 15) is 0 Å². The first-order chi connectivity index (χ1) is 8.75. The van der Waals surface area contributed by atoms with Gasteiger partial charge in [-0.2, -0.15) is 5.10 Å². The summed E-state index contributed by atoms with van der Waals surface area (Å²) < 4.78 is 2.26. The normalized spacial score (nSPS) is 27.9. The molecule has 18 heavy (non-hydrogen) atoms. The number of anilines is 1. The first kappa shape index (κ1) is 12.0. The van der Waals surface area contributed by atoms with Crippen LogP contribution in [0.25, 0.3) is 0 Å². The van der Waals surface area contributed by atoms with Gasteiger partial charge in [0.1, 0.15) is 5.82 Å². The SMILES string of the molecule is CC(C)c1cc2n(n1)C(C1CCCNC1)CCN2. The van der Waals surface area contributed by atoms with Crippen LogP contribution in [-0.4, -0.2) is 29.4 Å². The number of rotatable bonds is 2. The van der Waals surface area contributed by atoms with E-state index in [2.05, 4.69) is 35.2 Å². The van der Waals surface area contributed by atoms with E-state index < -0.39 is 0 Å². The molecule has 4 heteroatoms. The Morgan fingerprint density at radius 2 is 2.22 bits per heavy atom. The molecule has 2 aliphatic rings. The van der Waals surface area contributed by atoms with Crippen LogP contribution in [0.2, 0.25) is 0 Å². The van der Waals surface area contributed by atoms with Crippen molar-refractivity contribution in [2.75, 3.05) is 25.0 Å². The topological polar surface area (TPSA) is 41.9 Å². The Labute approximate surface area is 109 Å². The van der Waals surface area contributed by atoms with Crippen LogP contribution in [0.5, 0.6) is 0 Å². The second-order valence-corrected chi connectivity index (χ2v) is 5.94. The third-order valence-corrected chi connectivity index (χ3v) is 4.29. The van der Waals surface area contributed by atoms with E-state index in [0.717, 1.165) is 19.0 Å². The second kappa shape index (κ2) is 4.92. The molecule has 3 heterocycles. The van der Waals surface area contributed by atoms with Crippen molar-refractivity contribution in [1.29, 1.82) is 0 Å².